The van der Waals surface area contributed by atoms with Crippen LogP contribution in [-0.2, 0) is 14.4 Å². The van der Waals surface area contributed by atoms with Crippen molar-refractivity contribution in [3.8, 4) is 0 Å². The number of unbranched alkanes of at least 4 members (excludes halogenated alkanes) is 2. The van der Waals surface area contributed by atoms with Gasteiger partial charge in [0.2, 0.25) is 11.8 Å². The summed E-state index contributed by atoms with van der Waals surface area (Å²) in [5.74, 6) is -1.32. The molecule has 9 heteroatoms. The van der Waals surface area contributed by atoms with Gasteiger partial charge in [0.15, 0.2) is 0 Å². The Morgan fingerprint density at radius 3 is 2.56 bits per heavy atom. The fraction of sp³-hybridized carbons (Fsp3) is 0.567. The van der Waals surface area contributed by atoms with Crippen molar-refractivity contribution < 1.29 is 19.5 Å². The molecular formula is C30H40ClN3O4S. The topological polar surface area (TPSA) is 81.2 Å². The minimum atomic E-state index is -0.729. The van der Waals surface area contributed by atoms with E-state index in [0.29, 0.717) is 36.6 Å². The maximum absolute atomic E-state index is 14.7. The van der Waals surface area contributed by atoms with Crippen molar-refractivity contribution >= 4 is 46.8 Å². The van der Waals surface area contributed by atoms with Crippen LogP contribution in [0.4, 0.5) is 5.69 Å². The van der Waals surface area contributed by atoms with Crippen molar-refractivity contribution in [3.05, 3.63) is 54.1 Å². The van der Waals surface area contributed by atoms with Gasteiger partial charge in [-0.3, -0.25) is 14.4 Å². The van der Waals surface area contributed by atoms with Crippen LogP contribution >= 0.6 is 23.4 Å². The first-order chi connectivity index (χ1) is 18.6. The Bertz CT molecular complexity index is 1120. The average Bonchev–Trinajstić information content (AvgIpc) is 3.49. The minimum Gasteiger partial charge on any atom is -0.396 e. The predicted octanol–water partition coefficient (Wildman–Crippen LogP) is 4.31. The van der Waals surface area contributed by atoms with E-state index in [1.165, 1.54) is 0 Å². The molecule has 6 atom stereocenters. The second-order valence-electron chi connectivity index (χ2n) is 11.0. The average molecular weight is 574 g/mol. The summed E-state index contributed by atoms with van der Waals surface area (Å²) in [4.78, 5) is 47.8. The number of amides is 3. The van der Waals surface area contributed by atoms with E-state index in [1.54, 1.807) is 51.7 Å². The van der Waals surface area contributed by atoms with Gasteiger partial charge in [-0.05, 0) is 50.2 Å². The molecule has 2 bridgehead atoms. The fourth-order valence-electron chi connectivity index (χ4n) is 6.96. The summed E-state index contributed by atoms with van der Waals surface area (Å²) in [5.41, 5.74) is 1.49. The molecule has 3 heterocycles. The molecule has 1 aromatic rings. The molecule has 0 aliphatic carbocycles. The number of aliphatic hydroxyl groups is 1. The van der Waals surface area contributed by atoms with E-state index in [2.05, 4.69) is 20.1 Å². The highest BCUT2D eigenvalue weighted by Crippen LogP contribution is 2.69. The highest BCUT2D eigenvalue weighted by Gasteiger charge is 2.76. The Hall–Kier alpha value is -2.29. The van der Waals surface area contributed by atoms with E-state index >= 15 is 0 Å². The molecule has 7 nitrogen and oxygen atoms in total. The third kappa shape index (κ3) is 4.93. The number of likely N-dealkylation sites (N-methyl/N-ethyl adjacent to an activating group) is 1. The van der Waals surface area contributed by atoms with E-state index < -0.39 is 22.6 Å². The maximum atomic E-state index is 14.7. The molecule has 1 N–H and O–H groups in total. The molecule has 212 valence electrons. The molecular weight excluding hydrogens is 534 g/mol. The molecule has 3 unspecified atom stereocenters. The molecule has 4 rings (SSSR count). The van der Waals surface area contributed by atoms with Gasteiger partial charge in [-0.15, -0.1) is 24.9 Å². The van der Waals surface area contributed by atoms with Crippen LogP contribution in [0.5, 0.6) is 0 Å². The Morgan fingerprint density at radius 1 is 1.21 bits per heavy atom. The van der Waals surface area contributed by atoms with Gasteiger partial charge in [0.1, 0.15) is 6.04 Å². The van der Waals surface area contributed by atoms with Crippen molar-refractivity contribution in [2.24, 2.45) is 17.8 Å². The Balaban J connectivity index is 1.80. The summed E-state index contributed by atoms with van der Waals surface area (Å²) in [6.45, 7) is 12.8. The summed E-state index contributed by atoms with van der Waals surface area (Å²) in [7, 11) is 1.75. The molecule has 0 saturated carbocycles. The number of thioether (sulfide) groups is 1. The quantitative estimate of drug-likeness (QED) is 0.298. The lowest BCUT2D eigenvalue weighted by atomic mass is 9.65. The van der Waals surface area contributed by atoms with Crippen LogP contribution in [0.25, 0.3) is 0 Å². The number of aliphatic hydroxyl groups excluding tert-OH is 1. The van der Waals surface area contributed by atoms with Crippen LogP contribution in [0.1, 0.15) is 38.2 Å². The number of nitrogens with zero attached hydrogens (tertiary/aromatic N) is 3. The van der Waals surface area contributed by atoms with Crippen molar-refractivity contribution in [3.63, 3.8) is 0 Å². The first-order valence-electron chi connectivity index (χ1n) is 13.8. The van der Waals surface area contributed by atoms with E-state index in [4.69, 9.17) is 11.6 Å². The van der Waals surface area contributed by atoms with Crippen molar-refractivity contribution in [2.75, 3.05) is 38.2 Å². The second-order valence-corrected chi connectivity index (χ2v) is 13.0. The number of fused-ring (bicyclic) bond motifs is 1. The second kappa shape index (κ2) is 12.1. The molecule has 3 aliphatic rings. The van der Waals surface area contributed by atoms with Gasteiger partial charge in [-0.2, -0.15) is 0 Å². The summed E-state index contributed by atoms with van der Waals surface area (Å²) in [6.07, 6.45) is 6.19. The van der Waals surface area contributed by atoms with Gasteiger partial charge < -0.3 is 19.8 Å². The molecule has 3 aliphatic heterocycles. The Labute approximate surface area is 241 Å². The number of hydrogen-bond acceptors (Lipinski definition) is 5. The monoisotopic (exact) mass is 573 g/mol. The van der Waals surface area contributed by atoms with Crippen LogP contribution in [-0.4, -0.2) is 82.0 Å². The number of hydrogen-bond donors (Lipinski definition) is 1. The number of anilines is 1. The smallest absolute Gasteiger partial charge is 0.251 e. The van der Waals surface area contributed by atoms with Crippen LogP contribution in [0.2, 0.25) is 5.02 Å². The molecule has 3 amide bonds. The summed E-state index contributed by atoms with van der Waals surface area (Å²) >= 11 is 8.32. The predicted molar refractivity (Wildman–Crippen MR) is 158 cm³/mol. The first kappa shape index (κ1) is 29.7. The number of carbonyl (C=O) groups is 3. The first-order valence-corrected chi connectivity index (χ1v) is 15.0. The molecule has 1 spiro atoms. The lowest BCUT2D eigenvalue weighted by Crippen LogP contribution is -2.57. The van der Waals surface area contributed by atoms with Crippen LogP contribution in [0.15, 0.2) is 43.5 Å². The third-order valence-electron chi connectivity index (χ3n) is 8.64. The van der Waals surface area contributed by atoms with Gasteiger partial charge >= 0.3 is 0 Å². The SMILES string of the molecule is C=CCN(C)C(=O)[C@@H]1[C@H]2C(=O)N(CCCCCO)C(C(=O)N(CC=C)c3c(C)cccc3Cl)C23S[C@@H]1CC3C. The molecule has 1 aromatic carbocycles. The number of para-hydroxylation sites is 1. The van der Waals surface area contributed by atoms with Gasteiger partial charge in [0.25, 0.3) is 5.91 Å². The molecule has 39 heavy (non-hydrogen) atoms. The van der Waals surface area contributed by atoms with Gasteiger partial charge in [-0.25, -0.2) is 0 Å². The Morgan fingerprint density at radius 2 is 1.92 bits per heavy atom. The number of benzene rings is 1. The van der Waals surface area contributed by atoms with Crippen molar-refractivity contribution in [1.29, 1.82) is 0 Å². The van der Waals surface area contributed by atoms with E-state index in [1.807, 2.05) is 19.1 Å². The van der Waals surface area contributed by atoms with E-state index in [0.717, 1.165) is 18.4 Å². The minimum absolute atomic E-state index is 0.0181. The zero-order chi connectivity index (χ0) is 28.5. The van der Waals surface area contributed by atoms with Crippen molar-refractivity contribution in [2.45, 2.75) is 55.6 Å². The molecule has 3 saturated heterocycles. The number of aryl methyl sites for hydroxylation is 1. The van der Waals surface area contributed by atoms with Crippen LogP contribution < -0.4 is 4.90 Å². The number of carbonyl (C=O) groups excluding carboxylic acids is 3. The van der Waals surface area contributed by atoms with Gasteiger partial charge in [-0.1, -0.05) is 42.8 Å². The largest absolute Gasteiger partial charge is 0.396 e. The highest BCUT2D eigenvalue weighted by molar-refractivity contribution is 8.02. The third-order valence-corrected chi connectivity index (χ3v) is 11.0. The molecule has 0 aromatic heterocycles. The molecule has 3 fully saturated rings. The van der Waals surface area contributed by atoms with E-state index in [-0.39, 0.29) is 42.0 Å². The van der Waals surface area contributed by atoms with Crippen molar-refractivity contribution in [1.82, 2.24) is 9.80 Å². The van der Waals surface area contributed by atoms with Crippen LogP contribution in [0, 0.1) is 24.7 Å². The standard InChI is InChI=1S/C30H40ClN3O4S/c1-6-14-32(5)27(36)23-22-18-20(4)30(39-22)24(23)28(37)34(16-9-8-10-17-35)26(30)29(38)33(15-7-2)25-19(3)12-11-13-21(25)31/h6-7,11-13,20,22-24,26,35H,1-2,8-10,14-18H2,3-5H3/t20?,22-,23+,24+,26?,30?/m1/s1. The molecule has 0 radical (unpaired) electrons. The number of likely N-dealkylation sites (tertiary alicyclic amines) is 1. The summed E-state index contributed by atoms with van der Waals surface area (Å²) < 4.78 is -0.709. The number of halogens is 1. The summed E-state index contributed by atoms with van der Waals surface area (Å²) in [6, 6.07) is 4.81. The number of rotatable bonds is 12. The normalized spacial score (nSPS) is 28.9. The zero-order valence-corrected chi connectivity index (χ0v) is 24.7. The Kier molecular flexibility index (Phi) is 9.19. The van der Waals surface area contributed by atoms with Gasteiger partial charge in [0, 0.05) is 38.5 Å². The lowest BCUT2D eigenvalue weighted by molar-refractivity contribution is -0.143. The van der Waals surface area contributed by atoms with Gasteiger partial charge in [0.05, 0.1) is 27.3 Å². The fourth-order valence-corrected chi connectivity index (χ4v) is 9.70. The van der Waals surface area contributed by atoms with E-state index in [9.17, 15) is 19.5 Å². The maximum Gasteiger partial charge on any atom is 0.251 e. The lowest BCUT2D eigenvalue weighted by Gasteiger charge is -2.41. The zero-order valence-electron chi connectivity index (χ0n) is 23.1. The highest BCUT2D eigenvalue weighted by atomic mass is 35.5. The summed E-state index contributed by atoms with van der Waals surface area (Å²) in [5, 5.41) is 9.73. The van der Waals surface area contributed by atoms with Crippen LogP contribution in [0.3, 0.4) is 0 Å².